The van der Waals surface area contributed by atoms with E-state index < -0.39 is 0 Å². The van der Waals surface area contributed by atoms with Crippen LogP contribution >= 0.6 is 15.9 Å². The zero-order valence-corrected chi connectivity index (χ0v) is 15.3. The Morgan fingerprint density at radius 3 is 2.70 bits per heavy atom. The van der Waals surface area contributed by atoms with E-state index in [1.54, 1.807) is 0 Å². The lowest BCUT2D eigenvalue weighted by molar-refractivity contribution is -0.123. The molecular weight excluding hydrogens is 354 g/mol. The lowest BCUT2D eigenvalue weighted by Crippen LogP contribution is -2.35. The van der Waals surface area contributed by atoms with Crippen LogP contribution in [0.2, 0.25) is 0 Å². The number of Topliss-reactive ketones (excluding diaryl/α,β-unsaturated/α-hetero) is 1. The Labute approximate surface area is 146 Å². The van der Waals surface area contributed by atoms with Gasteiger partial charge in [-0.3, -0.25) is 9.59 Å². The van der Waals surface area contributed by atoms with Gasteiger partial charge in [-0.1, -0.05) is 42.1 Å². The highest BCUT2D eigenvalue weighted by molar-refractivity contribution is 9.10. The summed E-state index contributed by atoms with van der Waals surface area (Å²) in [6.07, 6.45) is 7.31. The molecule has 124 valence electrons. The molecule has 3 rings (SSSR count). The van der Waals surface area contributed by atoms with Crippen LogP contribution in [-0.2, 0) is 11.2 Å². The molecule has 1 aliphatic carbocycles. The molecule has 1 atom stereocenters. The summed E-state index contributed by atoms with van der Waals surface area (Å²) in [7, 11) is 0. The maximum absolute atomic E-state index is 12.8. The molecular formula is C19H24BrNO2. The largest absolute Gasteiger partial charge is 0.312 e. The Morgan fingerprint density at radius 1 is 1.26 bits per heavy atom. The number of rotatable bonds is 4. The lowest BCUT2D eigenvalue weighted by atomic mass is 9.88. The number of halogens is 1. The summed E-state index contributed by atoms with van der Waals surface area (Å²) >= 11 is 3.43. The third kappa shape index (κ3) is 3.37. The topological polar surface area (TPSA) is 37.4 Å². The second-order valence-corrected chi connectivity index (χ2v) is 7.76. The molecule has 1 aliphatic heterocycles. The predicted molar refractivity (Wildman–Crippen MR) is 96.4 cm³/mol. The van der Waals surface area contributed by atoms with E-state index in [0.717, 1.165) is 49.0 Å². The first kappa shape index (κ1) is 16.7. The molecule has 0 bridgehead atoms. The summed E-state index contributed by atoms with van der Waals surface area (Å²) in [5, 5.41) is 0. The maximum atomic E-state index is 12.8. The Morgan fingerprint density at radius 2 is 2.00 bits per heavy atom. The van der Waals surface area contributed by atoms with Gasteiger partial charge in [-0.2, -0.15) is 0 Å². The SMILES string of the molecule is CCC(Br)C(=O)c1ccc2c(c1)CCN2C(=O)C1CCCCC1. The van der Waals surface area contributed by atoms with Crippen molar-refractivity contribution in [3.63, 3.8) is 0 Å². The fraction of sp³-hybridized carbons (Fsp3) is 0.579. The van der Waals surface area contributed by atoms with Crippen molar-refractivity contribution in [2.24, 2.45) is 5.92 Å². The Balaban J connectivity index is 1.78. The molecule has 1 amide bonds. The highest BCUT2D eigenvalue weighted by Crippen LogP contribution is 2.33. The molecule has 3 nitrogen and oxygen atoms in total. The summed E-state index contributed by atoms with van der Waals surface area (Å²) in [4.78, 5) is 26.9. The number of anilines is 1. The first-order valence-electron chi connectivity index (χ1n) is 8.74. The summed E-state index contributed by atoms with van der Waals surface area (Å²) in [5.41, 5.74) is 2.90. The van der Waals surface area contributed by atoms with Crippen LogP contribution in [-0.4, -0.2) is 23.1 Å². The van der Waals surface area contributed by atoms with Crippen molar-refractivity contribution < 1.29 is 9.59 Å². The molecule has 4 heteroatoms. The molecule has 1 saturated carbocycles. The second-order valence-electron chi connectivity index (χ2n) is 6.66. The Hall–Kier alpha value is -1.16. The molecule has 1 heterocycles. The van der Waals surface area contributed by atoms with E-state index in [0.29, 0.717) is 0 Å². The molecule has 1 unspecified atom stereocenters. The van der Waals surface area contributed by atoms with Gasteiger partial charge in [-0.25, -0.2) is 0 Å². The van der Waals surface area contributed by atoms with Crippen molar-refractivity contribution in [3.8, 4) is 0 Å². The van der Waals surface area contributed by atoms with Gasteiger partial charge < -0.3 is 4.90 Å². The number of hydrogen-bond donors (Lipinski definition) is 0. The number of alkyl halides is 1. The zero-order chi connectivity index (χ0) is 16.4. The molecule has 0 radical (unpaired) electrons. The van der Waals surface area contributed by atoms with E-state index in [9.17, 15) is 9.59 Å². The normalized spacial score (nSPS) is 19.5. The number of fused-ring (bicyclic) bond motifs is 1. The van der Waals surface area contributed by atoms with Gasteiger partial charge in [0, 0.05) is 23.7 Å². The van der Waals surface area contributed by atoms with Gasteiger partial charge in [0.1, 0.15) is 0 Å². The van der Waals surface area contributed by atoms with Crippen LogP contribution in [0.1, 0.15) is 61.4 Å². The van der Waals surface area contributed by atoms with E-state index in [2.05, 4.69) is 15.9 Å². The molecule has 0 saturated heterocycles. The third-order valence-corrected chi connectivity index (χ3v) is 6.19. The van der Waals surface area contributed by atoms with Crippen molar-refractivity contribution in [1.29, 1.82) is 0 Å². The smallest absolute Gasteiger partial charge is 0.230 e. The number of ketones is 1. The highest BCUT2D eigenvalue weighted by atomic mass is 79.9. The fourth-order valence-corrected chi connectivity index (χ4v) is 3.98. The van der Waals surface area contributed by atoms with Crippen molar-refractivity contribution >= 4 is 33.3 Å². The van der Waals surface area contributed by atoms with Crippen molar-refractivity contribution in [2.75, 3.05) is 11.4 Å². The summed E-state index contributed by atoms with van der Waals surface area (Å²) < 4.78 is 0. The van der Waals surface area contributed by atoms with Crippen LogP contribution in [0, 0.1) is 5.92 Å². The first-order valence-corrected chi connectivity index (χ1v) is 9.66. The lowest BCUT2D eigenvalue weighted by Gasteiger charge is -2.26. The Kier molecular flexibility index (Phi) is 5.20. The van der Waals surface area contributed by atoms with Gasteiger partial charge in [0.15, 0.2) is 5.78 Å². The van der Waals surface area contributed by atoms with Gasteiger partial charge in [0.2, 0.25) is 5.91 Å². The molecule has 0 aromatic heterocycles. The van der Waals surface area contributed by atoms with Crippen LogP contribution in [0.4, 0.5) is 5.69 Å². The van der Waals surface area contributed by atoms with Gasteiger partial charge in [-0.05, 0) is 49.4 Å². The number of carbonyl (C=O) groups is 2. The number of nitrogens with zero attached hydrogens (tertiary/aromatic N) is 1. The minimum atomic E-state index is -0.123. The highest BCUT2D eigenvalue weighted by Gasteiger charge is 2.31. The zero-order valence-electron chi connectivity index (χ0n) is 13.7. The van der Waals surface area contributed by atoms with E-state index in [-0.39, 0.29) is 22.4 Å². The first-order chi connectivity index (χ1) is 11.1. The molecule has 0 spiro atoms. The molecule has 1 aromatic rings. The quantitative estimate of drug-likeness (QED) is 0.571. The average Bonchev–Trinajstić information content (AvgIpc) is 3.03. The van der Waals surface area contributed by atoms with E-state index in [1.807, 2.05) is 30.0 Å². The summed E-state index contributed by atoms with van der Waals surface area (Å²) in [6.45, 7) is 2.75. The van der Waals surface area contributed by atoms with Crippen molar-refractivity contribution in [1.82, 2.24) is 0 Å². The van der Waals surface area contributed by atoms with Crippen LogP contribution in [0.25, 0.3) is 0 Å². The van der Waals surface area contributed by atoms with Gasteiger partial charge >= 0.3 is 0 Å². The van der Waals surface area contributed by atoms with Crippen LogP contribution in [0.3, 0.4) is 0 Å². The van der Waals surface area contributed by atoms with Crippen LogP contribution in [0.5, 0.6) is 0 Å². The van der Waals surface area contributed by atoms with Gasteiger partial charge in [0.25, 0.3) is 0 Å². The molecule has 1 fully saturated rings. The second kappa shape index (κ2) is 7.16. The van der Waals surface area contributed by atoms with E-state index in [4.69, 9.17) is 0 Å². The van der Waals surface area contributed by atoms with Gasteiger partial charge in [0.05, 0.1) is 4.83 Å². The Bertz CT molecular complexity index is 607. The molecule has 2 aliphatic rings. The number of carbonyl (C=O) groups excluding carboxylic acids is 2. The summed E-state index contributed by atoms with van der Waals surface area (Å²) in [5.74, 6) is 0.616. The minimum Gasteiger partial charge on any atom is -0.312 e. The standard InChI is InChI=1S/C19H24BrNO2/c1-2-16(20)18(22)15-8-9-17-14(12-15)10-11-21(17)19(23)13-6-4-3-5-7-13/h8-9,12-13,16H,2-7,10-11H2,1H3. The van der Waals surface area contributed by atoms with Crippen molar-refractivity contribution in [3.05, 3.63) is 29.3 Å². The minimum absolute atomic E-state index is 0.123. The summed E-state index contributed by atoms with van der Waals surface area (Å²) in [6, 6.07) is 5.82. The number of benzene rings is 1. The molecule has 0 N–H and O–H groups in total. The predicted octanol–water partition coefficient (Wildman–Crippen LogP) is 4.51. The number of hydrogen-bond acceptors (Lipinski definition) is 2. The van der Waals surface area contributed by atoms with Crippen LogP contribution < -0.4 is 4.90 Å². The number of amides is 1. The average molecular weight is 378 g/mol. The van der Waals surface area contributed by atoms with E-state index in [1.165, 1.54) is 19.3 Å². The van der Waals surface area contributed by atoms with Crippen molar-refractivity contribution in [2.45, 2.75) is 56.7 Å². The van der Waals surface area contributed by atoms with Gasteiger partial charge in [-0.15, -0.1) is 0 Å². The van der Waals surface area contributed by atoms with Crippen LogP contribution in [0.15, 0.2) is 18.2 Å². The third-order valence-electron chi connectivity index (χ3n) is 5.12. The molecule has 23 heavy (non-hydrogen) atoms. The van der Waals surface area contributed by atoms with E-state index >= 15 is 0 Å². The maximum Gasteiger partial charge on any atom is 0.230 e. The fourth-order valence-electron chi connectivity index (χ4n) is 3.72. The molecule has 1 aromatic carbocycles. The monoisotopic (exact) mass is 377 g/mol.